The number of aromatic nitrogens is 1. The second-order valence-electron chi connectivity index (χ2n) is 7.23. The number of benzene rings is 1. The summed E-state index contributed by atoms with van der Waals surface area (Å²) >= 11 is 0. The summed E-state index contributed by atoms with van der Waals surface area (Å²) in [6, 6.07) is 7.17. The number of fused-ring (bicyclic) bond motifs is 1. The normalized spacial score (nSPS) is 16.4. The van der Waals surface area contributed by atoms with Crippen LogP contribution in [0.25, 0.3) is 11.1 Å². The number of para-hydroxylation sites is 2. The lowest BCUT2D eigenvalue weighted by Crippen LogP contribution is -2.44. The lowest BCUT2D eigenvalue weighted by molar-refractivity contribution is -0.159. The van der Waals surface area contributed by atoms with Crippen molar-refractivity contribution in [2.45, 2.75) is 52.2 Å². The minimum Gasteiger partial charge on any atom is -0.453 e. The predicted molar refractivity (Wildman–Crippen MR) is 100 cm³/mol. The number of rotatable bonds is 6. The maximum atomic E-state index is 12.4. The summed E-state index contributed by atoms with van der Waals surface area (Å²) in [5.41, 5.74) is 1.24. The van der Waals surface area contributed by atoms with E-state index in [0.29, 0.717) is 30.0 Å². The highest BCUT2D eigenvalue weighted by atomic mass is 16.5. The second kappa shape index (κ2) is 8.41. The van der Waals surface area contributed by atoms with Crippen LogP contribution in [0.2, 0.25) is 0 Å². The zero-order chi connectivity index (χ0) is 19.4. The van der Waals surface area contributed by atoms with Crippen molar-refractivity contribution in [3.8, 4) is 0 Å². The molecule has 1 unspecified atom stereocenters. The van der Waals surface area contributed by atoms with Gasteiger partial charge < -0.3 is 14.1 Å². The van der Waals surface area contributed by atoms with E-state index in [0.717, 1.165) is 25.9 Å². The summed E-state index contributed by atoms with van der Waals surface area (Å²) in [5.74, 6) is -0.365. The third-order valence-corrected chi connectivity index (χ3v) is 5.09. The first-order chi connectivity index (χ1) is 13.0. The Morgan fingerprint density at radius 2 is 1.96 bits per heavy atom. The SMILES string of the molecule is CC1CCN(C(=O)C(C)OC(=O)CCCn2c(=O)oc3ccccc32)CC1. The van der Waals surface area contributed by atoms with Gasteiger partial charge in [0.25, 0.3) is 5.91 Å². The van der Waals surface area contributed by atoms with E-state index in [4.69, 9.17) is 9.15 Å². The summed E-state index contributed by atoms with van der Waals surface area (Å²) in [4.78, 5) is 38.1. The molecule has 1 atom stereocenters. The summed E-state index contributed by atoms with van der Waals surface area (Å²) in [7, 11) is 0. The van der Waals surface area contributed by atoms with Crippen LogP contribution in [0.4, 0.5) is 0 Å². The first kappa shape index (κ1) is 19.2. The van der Waals surface area contributed by atoms with Crippen LogP contribution in [0.5, 0.6) is 0 Å². The molecule has 7 nitrogen and oxygen atoms in total. The molecule has 0 bridgehead atoms. The van der Waals surface area contributed by atoms with E-state index in [1.54, 1.807) is 30.0 Å². The molecule has 2 heterocycles. The maximum Gasteiger partial charge on any atom is 0.419 e. The van der Waals surface area contributed by atoms with Crippen molar-refractivity contribution in [3.05, 3.63) is 34.8 Å². The van der Waals surface area contributed by atoms with E-state index in [9.17, 15) is 14.4 Å². The van der Waals surface area contributed by atoms with Crippen LogP contribution < -0.4 is 5.76 Å². The molecule has 1 fully saturated rings. The third-order valence-electron chi connectivity index (χ3n) is 5.09. The molecular formula is C20H26N2O5. The van der Waals surface area contributed by atoms with Gasteiger partial charge in [-0.2, -0.15) is 0 Å². The molecular weight excluding hydrogens is 348 g/mol. The summed E-state index contributed by atoms with van der Waals surface area (Å²) in [6.45, 7) is 5.60. The van der Waals surface area contributed by atoms with E-state index < -0.39 is 17.8 Å². The van der Waals surface area contributed by atoms with Gasteiger partial charge in [-0.15, -0.1) is 0 Å². The maximum absolute atomic E-state index is 12.4. The summed E-state index contributed by atoms with van der Waals surface area (Å²) < 4.78 is 12.0. The molecule has 27 heavy (non-hydrogen) atoms. The Bertz CT molecular complexity index is 861. The molecule has 1 aromatic heterocycles. The van der Waals surface area contributed by atoms with Gasteiger partial charge in [0, 0.05) is 26.1 Å². The van der Waals surface area contributed by atoms with Gasteiger partial charge in [-0.25, -0.2) is 4.79 Å². The number of piperidine rings is 1. The Morgan fingerprint density at radius 1 is 1.26 bits per heavy atom. The van der Waals surface area contributed by atoms with E-state index in [-0.39, 0.29) is 12.3 Å². The van der Waals surface area contributed by atoms with Crippen molar-refractivity contribution >= 4 is 23.0 Å². The fourth-order valence-electron chi connectivity index (χ4n) is 3.40. The van der Waals surface area contributed by atoms with E-state index in [2.05, 4.69) is 6.92 Å². The molecule has 0 N–H and O–H groups in total. The molecule has 0 spiro atoms. The summed E-state index contributed by atoms with van der Waals surface area (Å²) in [6.07, 6.45) is 1.77. The number of aryl methyl sites for hydroxylation is 1. The number of nitrogens with zero attached hydrogens (tertiary/aromatic N) is 2. The zero-order valence-corrected chi connectivity index (χ0v) is 15.8. The Morgan fingerprint density at radius 3 is 2.70 bits per heavy atom. The van der Waals surface area contributed by atoms with Crippen LogP contribution in [-0.2, 0) is 20.9 Å². The average molecular weight is 374 g/mol. The highest BCUT2D eigenvalue weighted by molar-refractivity contribution is 5.83. The zero-order valence-electron chi connectivity index (χ0n) is 15.8. The van der Waals surface area contributed by atoms with Gasteiger partial charge in [0.05, 0.1) is 5.52 Å². The van der Waals surface area contributed by atoms with Gasteiger partial charge in [0.1, 0.15) is 0 Å². The molecule has 1 amide bonds. The van der Waals surface area contributed by atoms with Crippen LogP contribution in [0.1, 0.15) is 39.5 Å². The minimum absolute atomic E-state index is 0.132. The highest BCUT2D eigenvalue weighted by Crippen LogP contribution is 2.17. The molecule has 1 aromatic carbocycles. The smallest absolute Gasteiger partial charge is 0.419 e. The van der Waals surface area contributed by atoms with Gasteiger partial charge in [-0.05, 0) is 44.2 Å². The summed E-state index contributed by atoms with van der Waals surface area (Å²) in [5, 5.41) is 0. The van der Waals surface area contributed by atoms with Gasteiger partial charge in [0.15, 0.2) is 11.7 Å². The Kier molecular flexibility index (Phi) is 5.98. The number of oxazole rings is 1. The van der Waals surface area contributed by atoms with Crippen molar-refractivity contribution in [1.82, 2.24) is 9.47 Å². The Balaban J connectivity index is 1.47. The van der Waals surface area contributed by atoms with Crippen molar-refractivity contribution in [2.24, 2.45) is 5.92 Å². The van der Waals surface area contributed by atoms with Crippen molar-refractivity contribution in [3.63, 3.8) is 0 Å². The van der Waals surface area contributed by atoms with Crippen molar-refractivity contribution in [2.75, 3.05) is 13.1 Å². The molecule has 0 saturated carbocycles. The molecule has 1 aliphatic heterocycles. The Labute approximate surface area is 157 Å². The first-order valence-corrected chi connectivity index (χ1v) is 9.52. The largest absolute Gasteiger partial charge is 0.453 e. The third kappa shape index (κ3) is 4.59. The molecule has 2 aromatic rings. The average Bonchev–Trinajstić information content (AvgIpc) is 2.97. The minimum atomic E-state index is -0.775. The van der Waals surface area contributed by atoms with Crippen LogP contribution in [0.15, 0.2) is 33.5 Å². The molecule has 0 radical (unpaired) electrons. The van der Waals surface area contributed by atoms with Crippen LogP contribution in [0, 0.1) is 5.92 Å². The van der Waals surface area contributed by atoms with E-state index in [1.807, 2.05) is 6.07 Å². The number of hydrogen-bond donors (Lipinski definition) is 0. The number of carbonyl (C=O) groups excluding carboxylic acids is 2. The van der Waals surface area contributed by atoms with Gasteiger partial charge in [-0.3, -0.25) is 14.2 Å². The fourth-order valence-corrected chi connectivity index (χ4v) is 3.40. The van der Waals surface area contributed by atoms with Crippen LogP contribution in [0.3, 0.4) is 0 Å². The molecule has 1 aliphatic rings. The molecule has 146 valence electrons. The second-order valence-corrected chi connectivity index (χ2v) is 7.23. The first-order valence-electron chi connectivity index (χ1n) is 9.52. The van der Waals surface area contributed by atoms with E-state index >= 15 is 0 Å². The van der Waals surface area contributed by atoms with Gasteiger partial charge >= 0.3 is 11.7 Å². The van der Waals surface area contributed by atoms with Crippen LogP contribution >= 0.6 is 0 Å². The number of likely N-dealkylation sites (tertiary alicyclic amines) is 1. The number of ether oxygens (including phenoxy) is 1. The monoisotopic (exact) mass is 374 g/mol. The fraction of sp³-hybridized carbons (Fsp3) is 0.550. The molecule has 7 heteroatoms. The lowest BCUT2D eigenvalue weighted by Gasteiger charge is -2.31. The molecule has 1 saturated heterocycles. The number of amides is 1. The Hall–Kier alpha value is -2.57. The highest BCUT2D eigenvalue weighted by Gasteiger charge is 2.26. The molecule has 0 aliphatic carbocycles. The van der Waals surface area contributed by atoms with Gasteiger partial charge in [-0.1, -0.05) is 19.1 Å². The van der Waals surface area contributed by atoms with Crippen LogP contribution in [-0.4, -0.2) is 40.5 Å². The van der Waals surface area contributed by atoms with E-state index in [1.165, 1.54) is 4.57 Å². The number of esters is 1. The molecule has 3 rings (SSSR count). The topological polar surface area (TPSA) is 81.8 Å². The number of carbonyl (C=O) groups is 2. The standard InChI is InChI=1S/C20H26N2O5/c1-14-9-12-21(13-10-14)19(24)15(2)26-18(23)8-5-11-22-16-6-3-4-7-17(16)27-20(22)25/h3-4,6-7,14-15H,5,8-13H2,1-2H3. The number of hydrogen-bond acceptors (Lipinski definition) is 5. The predicted octanol–water partition coefficient (Wildman–Crippen LogP) is 2.56. The quantitative estimate of drug-likeness (QED) is 0.726. The van der Waals surface area contributed by atoms with Crippen molar-refractivity contribution in [1.29, 1.82) is 0 Å². The van der Waals surface area contributed by atoms with Gasteiger partial charge in [0.2, 0.25) is 0 Å². The van der Waals surface area contributed by atoms with Crippen molar-refractivity contribution < 1.29 is 18.7 Å². The lowest BCUT2D eigenvalue weighted by atomic mass is 9.99.